The van der Waals surface area contributed by atoms with Gasteiger partial charge in [0, 0.05) is 63.8 Å². The second-order valence-electron chi connectivity index (χ2n) is 9.21. The number of hydrogen-bond acceptors (Lipinski definition) is 6. The van der Waals surface area contributed by atoms with Gasteiger partial charge in [0.1, 0.15) is 11.3 Å². The van der Waals surface area contributed by atoms with Gasteiger partial charge in [0.25, 0.3) is 0 Å². The molecule has 2 aliphatic heterocycles. The quantitative estimate of drug-likeness (QED) is 0.580. The van der Waals surface area contributed by atoms with E-state index in [4.69, 9.17) is 4.74 Å². The fourth-order valence-corrected chi connectivity index (χ4v) is 5.37. The van der Waals surface area contributed by atoms with E-state index in [2.05, 4.69) is 30.8 Å². The van der Waals surface area contributed by atoms with Crippen LogP contribution in [0, 0.1) is 12.8 Å². The lowest BCUT2D eigenvalue weighted by Crippen LogP contribution is -2.51. The molecule has 2 fully saturated rings. The van der Waals surface area contributed by atoms with Crippen LogP contribution >= 0.6 is 0 Å². The minimum absolute atomic E-state index is 0.0889. The average Bonchev–Trinajstić information content (AvgIpc) is 3.18. The Morgan fingerprint density at radius 1 is 1.03 bits per heavy atom. The number of hydrogen-bond donors (Lipinski definition) is 0. The number of ether oxygens (including phenoxy) is 1. The fraction of sp³-hybridized carbons (Fsp3) is 0.500. The van der Waals surface area contributed by atoms with Crippen molar-refractivity contribution < 1.29 is 9.53 Å². The van der Waals surface area contributed by atoms with Crippen molar-refractivity contribution in [1.82, 2.24) is 19.7 Å². The normalized spacial score (nSPS) is 17.4. The smallest absolute Gasteiger partial charge is 0.225 e. The van der Waals surface area contributed by atoms with E-state index in [9.17, 15) is 4.79 Å². The number of carbonyl (C=O) groups is 1. The minimum atomic E-state index is 0.0889. The Morgan fingerprint density at radius 2 is 1.76 bits per heavy atom. The van der Waals surface area contributed by atoms with E-state index in [0.717, 1.165) is 86.0 Å². The summed E-state index contributed by atoms with van der Waals surface area (Å²) in [5, 5.41) is 5.72. The summed E-state index contributed by atoms with van der Waals surface area (Å²) in [5.41, 5.74) is 3.22. The molecule has 4 heterocycles. The maximum absolute atomic E-state index is 13.3. The number of amides is 1. The van der Waals surface area contributed by atoms with Crippen molar-refractivity contribution in [3.8, 4) is 5.75 Å². The third-order valence-electron chi connectivity index (χ3n) is 7.16. The molecule has 0 saturated carbocycles. The second-order valence-corrected chi connectivity index (χ2v) is 9.21. The van der Waals surface area contributed by atoms with Crippen molar-refractivity contribution in [3.63, 3.8) is 0 Å². The van der Waals surface area contributed by atoms with E-state index in [1.54, 1.807) is 0 Å². The van der Waals surface area contributed by atoms with Crippen molar-refractivity contribution in [1.29, 1.82) is 0 Å². The predicted molar refractivity (Wildman–Crippen MR) is 135 cm³/mol. The van der Waals surface area contributed by atoms with E-state index in [0.29, 0.717) is 12.5 Å². The molecule has 3 aromatic rings. The zero-order chi connectivity index (χ0) is 23.7. The molecule has 0 spiro atoms. The number of piperidine rings is 1. The maximum Gasteiger partial charge on any atom is 0.225 e. The molecule has 8 nitrogen and oxygen atoms in total. The van der Waals surface area contributed by atoms with Gasteiger partial charge in [0.15, 0.2) is 5.82 Å². The van der Waals surface area contributed by atoms with Crippen LogP contribution in [-0.4, -0.2) is 71.4 Å². The number of fused-ring (bicyclic) bond motifs is 1. The summed E-state index contributed by atoms with van der Waals surface area (Å²) in [7, 11) is 1.98. The first kappa shape index (κ1) is 22.5. The number of aromatic nitrogens is 3. The van der Waals surface area contributed by atoms with Gasteiger partial charge < -0.3 is 19.4 Å². The molecule has 0 N–H and O–H groups in total. The summed E-state index contributed by atoms with van der Waals surface area (Å²) in [6, 6.07) is 10.2. The Labute approximate surface area is 201 Å². The summed E-state index contributed by atoms with van der Waals surface area (Å²) in [6.45, 7) is 9.56. The summed E-state index contributed by atoms with van der Waals surface area (Å²) in [5.74, 6) is 2.29. The number of nitrogens with zero attached hydrogens (tertiary/aromatic N) is 6. The van der Waals surface area contributed by atoms with Crippen molar-refractivity contribution >= 4 is 28.3 Å². The minimum Gasteiger partial charge on any atom is -0.492 e. The van der Waals surface area contributed by atoms with Crippen LogP contribution < -0.4 is 14.5 Å². The monoisotopic (exact) mass is 462 g/mol. The highest BCUT2D eigenvalue weighted by molar-refractivity contribution is 5.91. The van der Waals surface area contributed by atoms with Crippen LogP contribution in [0.2, 0.25) is 0 Å². The topological polar surface area (TPSA) is 66.7 Å². The number of pyridine rings is 1. The molecule has 0 unspecified atom stereocenters. The van der Waals surface area contributed by atoms with Gasteiger partial charge in [-0.25, -0.2) is 4.98 Å². The summed E-state index contributed by atoms with van der Waals surface area (Å²) in [4.78, 5) is 24.7. The van der Waals surface area contributed by atoms with Crippen molar-refractivity contribution in [2.45, 2.75) is 26.7 Å². The molecule has 2 saturated heterocycles. The number of para-hydroxylation sites is 2. The molecule has 2 aromatic heterocycles. The van der Waals surface area contributed by atoms with Crippen LogP contribution in [-0.2, 0) is 11.8 Å². The van der Waals surface area contributed by atoms with E-state index in [1.165, 1.54) is 0 Å². The molecule has 2 aliphatic rings. The summed E-state index contributed by atoms with van der Waals surface area (Å²) in [6.07, 6.45) is 3.59. The number of carbonyl (C=O) groups excluding carboxylic acids is 1. The van der Waals surface area contributed by atoms with Crippen LogP contribution in [0.15, 0.2) is 36.5 Å². The SMILES string of the molecule is CCOc1ccccc1N1CCN(C(=O)C2CCN(c3nccc4c(C)nn(C)c34)CC2)CC1. The molecule has 34 heavy (non-hydrogen) atoms. The van der Waals surface area contributed by atoms with E-state index < -0.39 is 0 Å². The number of piperazine rings is 1. The molecular weight excluding hydrogens is 428 g/mol. The number of rotatable bonds is 5. The first-order valence-electron chi connectivity index (χ1n) is 12.4. The zero-order valence-corrected chi connectivity index (χ0v) is 20.4. The molecule has 5 rings (SSSR count). The van der Waals surface area contributed by atoms with Crippen LogP contribution in [0.5, 0.6) is 5.75 Å². The van der Waals surface area contributed by atoms with Crippen molar-refractivity contribution in [2.24, 2.45) is 13.0 Å². The van der Waals surface area contributed by atoms with E-state index >= 15 is 0 Å². The number of benzene rings is 1. The van der Waals surface area contributed by atoms with E-state index in [-0.39, 0.29) is 5.92 Å². The average molecular weight is 463 g/mol. The predicted octanol–water partition coefficient (Wildman–Crippen LogP) is 3.24. The maximum atomic E-state index is 13.3. The van der Waals surface area contributed by atoms with Gasteiger partial charge in [-0.15, -0.1) is 0 Å². The van der Waals surface area contributed by atoms with Crippen LogP contribution in [0.1, 0.15) is 25.5 Å². The number of anilines is 2. The highest BCUT2D eigenvalue weighted by atomic mass is 16.5. The molecule has 1 amide bonds. The van der Waals surface area contributed by atoms with Crippen LogP contribution in [0.4, 0.5) is 11.5 Å². The highest BCUT2D eigenvalue weighted by Gasteiger charge is 2.32. The summed E-state index contributed by atoms with van der Waals surface area (Å²) < 4.78 is 7.73. The molecule has 0 atom stereocenters. The summed E-state index contributed by atoms with van der Waals surface area (Å²) >= 11 is 0. The largest absolute Gasteiger partial charge is 0.492 e. The zero-order valence-electron chi connectivity index (χ0n) is 20.4. The van der Waals surface area contributed by atoms with Gasteiger partial charge in [-0.2, -0.15) is 5.10 Å². The Bertz CT molecular complexity index is 1160. The Morgan fingerprint density at radius 3 is 2.50 bits per heavy atom. The molecule has 8 heteroatoms. The van der Waals surface area contributed by atoms with Gasteiger partial charge in [-0.3, -0.25) is 9.48 Å². The lowest BCUT2D eigenvalue weighted by molar-refractivity contribution is -0.136. The molecular formula is C26H34N6O2. The standard InChI is InChI=1S/C26H34N6O2/c1-4-34-23-8-6-5-7-22(23)30-15-17-32(18-16-30)26(33)20-10-13-31(14-11-20)25-24-21(9-12-27-25)19(2)28-29(24)3/h5-9,12,20H,4,10-11,13-18H2,1-3H3. The second kappa shape index (κ2) is 9.52. The third kappa shape index (κ3) is 4.17. The first-order valence-corrected chi connectivity index (χ1v) is 12.4. The first-order chi connectivity index (χ1) is 16.6. The molecule has 1 aromatic carbocycles. The lowest BCUT2D eigenvalue weighted by atomic mass is 9.94. The Hall–Kier alpha value is -3.29. The van der Waals surface area contributed by atoms with Crippen LogP contribution in [0.3, 0.4) is 0 Å². The Kier molecular flexibility index (Phi) is 6.30. The van der Waals surface area contributed by atoms with Crippen molar-refractivity contribution in [2.75, 3.05) is 55.7 Å². The van der Waals surface area contributed by atoms with Gasteiger partial charge in [-0.1, -0.05) is 12.1 Å². The third-order valence-corrected chi connectivity index (χ3v) is 7.16. The van der Waals surface area contributed by atoms with E-state index in [1.807, 2.05) is 56.0 Å². The number of aryl methyl sites for hydroxylation is 2. The molecule has 0 aliphatic carbocycles. The lowest BCUT2D eigenvalue weighted by Gasteiger charge is -2.40. The molecule has 0 bridgehead atoms. The van der Waals surface area contributed by atoms with Gasteiger partial charge in [0.05, 0.1) is 18.0 Å². The molecule has 180 valence electrons. The van der Waals surface area contributed by atoms with Gasteiger partial charge >= 0.3 is 0 Å². The highest BCUT2D eigenvalue weighted by Crippen LogP contribution is 2.31. The fourth-order valence-electron chi connectivity index (χ4n) is 5.37. The van der Waals surface area contributed by atoms with Crippen molar-refractivity contribution in [3.05, 3.63) is 42.2 Å². The Balaban J connectivity index is 1.19. The van der Waals surface area contributed by atoms with Gasteiger partial charge in [-0.05, 0) is 44.9 Å². The van der Waals surface area contributed by atoms with Gasteiger partial charge in [0.2, 0.25) is 5.91 Å². The van der Waals surface area contributed by atoms with Crippen LogP contribution in [0.25, 0.3) is 10.9 Å². The molecule has 0 radical (unpaired) electrons.